The van der Waals surface area contributed by atoms with Crippen molar-refractivity contribution in [3.05, 3.63) is 29.8 Å². The van der Waals surface area contributed by atoms with Crippen LogP contribution in [0.2, 0.25) is 0 Å². The van der Waals surface area contributed by atoms with Crippen molar-refractivity contribution in [3.8, 4) is 5.75 Å². The summed E-state index contributed by atoms with van der Waals surface area (Å²) in [5.41, 5.74) is 0. The third-order valence-corrected chi connectivity index (χ3v) is 2.38. The van der Waals surface area contributed by atoms with E-state index in [4.69, 9.17) is 4.74 Å². The highest BCUT2D eigenvalue weighted by molar-refractivity contribution is 5.78. The predicted octanol–water partition coefficient (Wildman–Crippen LogP) is 1.48. The van der Waals surface area contributed by atoms with Crippen molar-refractivity contribution >= 4 is 5.91 Å². The molecule has 3 nitrogen and oxygen atoms in total. The van der Waals surface area contributed by atoms with Crippen LogP contribution < -0.4 is 10.1 Å². The van der Waals surface area contributed by atoms with Crippen LogP contribution in [0.4, 0.5) is 8.78 Å². The molecule has 1 fully saturated rings. The molecule has 1 aromatic rings. The fourth-order valence-corrected chi connectivity index (χ4v) is 1.61. The maximum absolute atomic E-state index is 12.8. The number of ether oxygens (including phenoxy) is 1. The van der Waals surface area contributed by atoms with E-state index >= 15 is 0 Å². The summed E-state index contributed by atoms with van der Waals surface area (Å²) in [4.78, 5) is 10.9. The van der Waals surface area contributed by atoms with Crippen LogP contribution >= 0.6 is 0 Å². The smallest absolute Gasteiger partial charge is 0.220 e. The van der Waals surface area contributed by atoms with Crippen LogP contribution in [0, 0.1) is 17.6 Å². The maximum atomic E-state index is 12.8. The van der Waals surface area contributed by atoms with Gasteiger partial charge in [-0.1, -0.05) is 0 Å². The predicted molar refractivity (Wildman–Crippen MR) is 53.0 cm³/mol. The van der Waals surface area contributed by atoms with Gasteiger partial charge in [-0.3, -0.25) is 4.79 Å². The molecular weight excluding hydrogens is 216 g/mol. The van der Waals surface area contributed by atoms with Gasteiger partial charge in [-0.15, -0.1) is 0 Å². The molecule has 16 heavy (non-hydrogen) atoms. The van der Waals surface area contributed by atoms with E-state index in [-0.39, 0.29) is 24.2 Å². The van der Waals surface area contributed by atoms with Gasteiger partial charge < -0.3 is 10.1 Å². The Labute approximate surface area is 91.4 Å². The van der Waals surface area contributed by atoms with Crippen molar-refractivity contribution in [2.75, 3.05) is 13.2 Å². The molecule has 0 saturated carbocycles. The summed E-state index contributed by atoms with van der Waals surface area (Å²) >= 11 is 0. The topological polar surface area (TPSA) is 38.3 Å². The van der Waals surface area contributed by atoms with Crippen LogP contribution in [0.1, 0.15) is 6.42 Å². The van der Waals surface area contributed by atoms with Gasteiger partial charge in [0.15, 0.2) is 0 Å². The number of hydrogen-bond acceptors (Lipinski definition) is 2. The molecule has 0 aromatic heterocycles. The average molecular weight is 227 g/mol. The summed E-state index contributed by atoms with van der Waals surface area (Å²) in [6.45, 7) is 0.832. The van der Waals surface area contributed by atoms with Gasteiger partial charge in [-0.2, -0.15) is 0 Å². The van der Waals surface area contributed by atoms with Gasteiger partial charge in [0.1, 0.15) is 17.4 Å². The molecule has 0 bridgehead atoms. The molecule has 0 aliphatic carbocycles. The first-order valence-corrected chi connectivity index (χ1v) is 4.99. The van der Waals surface area contributed by atoms with E-state index < -0.39 is 11.6 Å². The summed E-state index contributed by atoms with van der Waals surface area (Å²) in [6.07, 6.45) is 0.401. The molecule has 1 amide bonds. The number of carbonyl (C=O) groups excluding carboxylic acids is 1. The van der Waals surface area contributed by atoms with Gasteiger partial charge in [-0.05, 0) is 0 Å². The van der Waals surface area contributed by atoms with Crippen molar-refractivity contribution in [2.45, 2.75) is 6.42 Å². The van der Waals surface area contributed by atoms with Crippen molar-refractivity contribution < 1.29 is 18.3 Å². The van der Waals surface area contributed by atoms with E-state index in [1.54, 1.807) is 0 Å². The number of halogens is 2. The molecule has 1 N–H and O–H groups in total. The van der Waals surface area contributed by atoms with Crippen LogP contribution in [0.25, 0.3) is 0 Å². The normalized spacial score (nSPS) is 19.6. The Balaban J connectivity index is 1.91. The lowest BCUT2D eigenvalue weighted by molar-refractivity contribution is -0.119. The lowest BCUT2D eigenvalue weighted by Crippen LogP contribution is -2.16. The number of benzene rings is 1. The van der Waals surface area contributed by atoms with Crippen molar-refractivity contribution in [3.63, 3.8) is 0 Å². The van der Waals surface area contributed by atoms with Crippen LogP contribution in [-0.2, 0) is 4.79 Å². The van der Waals surface area contributed by atoms with Crippen molar-refractivity contribution in [2.24, 2.45) is 5.92 Å². The molecule has 1 aromatic carbocycles. The van der Waals surface area contributed by atoms with E-state index in [9.17, 15) is 13.6 Å². The highest BCUT2D eigenvalue weighted by Crippen LogP contribution is 2.17. The Morgan fingerprint density at radius 1 is 1.31 bits per heavy atom. The van der Waals surface area contributed by atoms with Gasteiger partial charge in [0.25, 0.3) is 0 Å². The summed E-state index contributed by atoms with van der Waals surface area (Å²) < 4.78 is 30.8. The summed E-state index contributed by atoms with van der Waals surface area (Å²) in [5, 5.41) is 2.66. The van der Waals surface area contributed by atoms with E-state index in [2.05, 4.69) is 5.32 Å². The third-order valence-electron chi connectivity index (χ3n) is 2.38. The highest BCUT2D eigenvalue weighted by Gasteiger charge is 2.21. The minimum absolute atomic E-state index is 0.0148. The van der Waals surface area contributed by atoms with Gasteiger partial charge in [0.2, 0.25) is 5.91 Å². The molecule has 0 spiro atoms. The van der Waals surface area contributed by atoms with E-state index in [0.717, 1.165) is 18.2 Å². The quantitative estimate of drug-likeness (QED) is 0.849. The molecule has 2 rings (SSSR count). The number of rotatable bonds is 3. The molecule has 0 radical (unpaired) electrons. The molecule has 1 heterocycles. The Morgan fingerprint density at radius 3 is 2.56 bits per heavy atom. The van der Waals surface area contributed by atoms with E-state index in [1.165, 1.54) is 0 Å². The second kappa shape index (κ2) is 4.47. The zero-order valence-corrected chi connectivity index (χ0v) is 8.50. The first kappa shape index (κ1) is 10.9. The second-order valence-electron chi connectivity index (χ2n) is 3.79. The molecule has 1 atom stereocenters. The Morgan fingerprint density at radius 2 is 2.00 bits per heavy atom. The largest absolute Gasteiger partial charge is 0.493 e. The number of hydrogen-bond donors (Lipinski definition) is 1. The maximum Gasteiger partial charge on any atom is 0.220 e. The summed E-state index contributed by atoms with van der Waals surface area (Å²) in [7, 11) is 0. The lowest BCUT2D eigenvalue weighted by Gasteiger charge is -2.10. The first-order valence-electron chi connectivity index (χ1n) is 4.99. The molecular formula is C11H11F2NO2. The summed E-state index contributed by atoms with van der Waals surface area (Å²) in [6, 6.07) is 3.02. The van der Waals surface area contributed by atoms with Crippen molar-refractivity contribution in [1.29, 1.82) is 0 Å². The molecule has 86 valence electrons. The van der Waals surface area contributed by atoms with Gasteiger partial charge >= 0.3 is 0 Å². The van der Waals surface area contributed by atoms with E-state index in [0.29, 0.717) is 13.0 Å². The molecule has 1 unspecified atom stereocenters. The Hall–Kier alpha value is -1.65. The number of amides is 1. The van der Waals surface area contributed by atoms with Crippen LogP contribution in [0.15, 0.2) is 18.2 Å². The average Bonchev–Trinajstić information content (AvgIpc) is 2.60. The Kier molecular flexibility index (Phi) is 3.03. The SMILES string of the molecule is O=C1CC(COc2cc(F)cc(F)c2)CN1. The monoisotopic (exact) mass is 227 g/mol. The number of carbonyl (C=O) groups is 1. The standard InChI is InChI=1S/C11H11F2NO2/c12-8-2-9(13)4-10(3-8)16-6-7-1-11(15)14-5-7/h2-4,7H,1,5-6H2,(H,14,15). The fraction of sp³-hybridized carbons (Fsp3) is 0.364. The highest BCUT2D eigenvalue weighted by atomic mass is 19.1. The molecule has 1 aliphatic heterocycles. The van der Waals surface area contributed by atoms with Gasteiger partial charge in [0, 0.05) is 37.1 Å². The fourth-order valence-electron chi connectivity index (χ4n) is 1.61. The molecule has 1 aliphatic rings. The summed E-state index contributed by atoms with van der Waals surface area (Å²) in [5.74, 6) is -1.14. The van der Waals surface area contributed by atoms with Crippen LogP contribution in [-0.4, -0.2) is 19.1 Å². The Bertz CT molecular complexity index is 389. The third kappa shape index (κ3) is 2.68. The molecule has 1 saturated heterocycles. The van der Waals surface area contributed by atoms with Crippen LogP contribution in [0.3, 0.4) is 0 Å². The minimum atomic E-state index is -0.671. The zero-order valence-electron chi connectivity index (χ0n) is 8.50. The first-order chi connectivity index (χ1) is 7.63. The second-order valence-corrected chi connectivity index (χ2v) is 3.79. The van der Waals surface area contributed by atoms with Gasteiger partial charge in [0.05, 0.1) is 6.61 Å². The zero-order chi connectivity index (χ0) is 11.5. The lowest BCUT2D eigenvalue weighted by atomic mass is 10.1. The van der Waals surface area contributed by atoms with Crippen molar-refractivity contribution in [1.82, 2.24) is 5.32 Å². The molecule has 5 heteroatoms. The van der Waals surface area contributed by atoms with E-state index in [1.807, 2.05) is 0 Å². The van der Waals surface area contributed by atoms with Crippen LogP contribution in [0.5, 0.6) is 5.75 Å². The number of nitrogens with one attached hydrogen (secondary N) is 1. The minimum Gasteiger partial charge on any atom is -0.493 e. The van der Waals surface area contributed by atoms with Gasteiger partial charge in [-0.25, -0.2) is 8.78 Å².